The molecule has 1 atom stereocenters. The average Bonchev–Trinajstić information content (AvgIpc) is 2.90. The molecule has 100 valence electrons. The lowest BCUT2D eigenvalue weighted by Crippen LogP contribution is -2.36. The zero-order chi connectivity index (χ0) is 12.5. The zero-order valence-corrected chi connectivity index (χ0v) is 11.9. The number of hydrogen-bond acceptors (Lipinski definition) is 4. The Balaban J connectivity index is 1.54. The second kappa shape index (κ2) is 5.27. The number of aliphatic hydroxyl groups is 1. The molecule has 2 aliphatic rings. The molecule has 1 aliphatic heterocycles. The molecule has 0 spiro atoms. The minimum absolute atomic E-state index is 0.143. The summed E-state index contributed by atoms with van der Waals surface area (Å²) < 4.78 is 0. The third kappa shape index (κ3) is 2.60. The quantitative estimate of drug-likeness (QED) is 0.911. The van der Waals surface area contributed by atoms with Gasteiger partial charge in [-0.05, 0) is 58.0 Å². The molecule has 1 unspecified atom stereocenters. The largest absolute Gasteiger partial charge is 0.393 e. The van der Waals surface area contributed by atoms with E-state index in [2.05, 4.69) is 4.90 Å². The number of likely N-dealkylation sites (tertiary alicyclic amines) is 1. The Bertz CT molecular complexity index is 386. The van der Waals surface area contributed by atoms with E-state index in [-0.39, 0.29) is 6.10 Å². The van der Waals surface area contributed by atoms with Crippen molar-refractivity contribution in [2.45, 2.75) is 51.7 Å². The Morgan fingerprint density at radius 2 is 2.17 bits per heavy atom. The minimum Gasteiger partial charge on any atom is -0.393 e. The van der Waals surface area contributed by atoms with Crippen molar-refractivity contribution < 1.29 is 5.11 Å². The Kier molecular flexibility index (Phi) is 3.68. The van der Waals surface area contributed by atoms with Gasteiger partial charge in [-0.3, -0.25) is 4.90 Å². The van der Waals surface area contributed by atoms with E-state index in [4.69, 9.17) is 4.98 Å². The van der Waals surface area contributed by atoms with E-state index in [1.165, 1.54) is 34.8 Å². The Labute approximate surface area is 113 Å². The molecule has 1 aromatic rings. The first-order valence-electron chi connectivity index (χ1n) is 7.10. The molecular weight excluding hydrogens is 244 g/mol. The predicted molar refractivity (Wildman–Crippen MR) is 73.8 cm³/mol. The average molecular weight is 266 g/mol. The summed E-state index contributed by atoms with van der Waals surface area (Å²) in [5, 5.41) is 10.9. The van der Waals surface area contributed by atoms with Gasteiger partial charge in [-0.15, -0.1) is 11.3 Å². The summed E-state index contributed by atoms with van der Waals surface area (Å²) in [6, 6.07) is 0. The van der Waals surface area contributed by atoms with Crippen LogP contribution < -0.4 is 0 Å². The molecule has 18 heavy (non-hydrogen) atoms. The lowest BCUT2D eigenvalue weighted by atomic mass is 9.92. The second-order valence-electron chi connectivity index (χ2n) is 5.69. The highest BCUT2D eigenvalue weighted by molar-refractivity contribution is 7.11. The standard InChI is InChI=1S/C14H22N2OS/c1-10(17)11-5-7-16(8-6-11)9-14-15-12-3-2-4-13(12)18-14/h10-11,17H,2-9H2,1H3. The Morgan fingerprint density at radius 1 is 1.39 bits per heavy atom. The lowest BCUT2D eigenvalue weighted by Gasteiger charge is -2.32. The van der Waals surface area contributed by atoms with Gasteiger partial charge in [-0.2, -0.15) is 0 Å². The number of piperidine rings is 1. The predicted octanol–water partition coefficient (Wildman–Crippen LogP) is 2.22. The Morgan fingerprint density at radius 3 is 2.83 bits per heavy atom. The number of aromatic nitrogens is 1. The topological polar surface area (TPSA) is 36.4 Å². The third-order valence-electron chi connectivity index (χ3n) is 4.31. The maximum absolute atomic E-state index is 9.60. The molecule has 4 heteroatoms. The van der Waals surface area contributed by atoms with Gasteiger partial charge in [-0.1, -0.05) is 0 Å². The van der Waals surface area contributed by atoms with Crippen LogP contribution in [0.3, 0.4) is 0 Å². The first-order chi connectivity index (χ1) is 8.72. The molecule has 0 bridgehead atoms. The molecule has 3 nitrogen and oxygen atoms in total. The van der Waals surface area contributed by atoms with Crippen LogP contribution in [0.1, 0.15) is 41.8 Å². The summed E-state index contributed by atoms with van der Waals surface area (Å²) in [5.41, 5.74) is 1.37. The number of aliphatic hydroxyl groups excluding tert-OH is 1. The van der Waals surface area contributed by atoms with Crippen molar-refractivity contribution in [1.82, 2.24) is 9.88 Å². The summed E-state index contributed by atoms with van der Waals surface area (Å²) in [6.45, 7) is 5.16. The number of hydrogen-bond donors (Lipinski definition) is 1. The first kappa shape index (κ1) is 12.6. The van der Waals surface area contributed by atoms with Crippen molar-refractivity contribution in [2.24, 2.45) is 5.92 Å². The molecule has 1 aliphatic carbocycles. The SMILES string of the molecule is CC(O)C1CCN(Cc2nc3c(s2)CCC3)CC1. The number of thiazole rings is 1. The molecule has 1 fully saturated rings. The molecule has 0 aromatic carbocycles. The van der Waals surface area contributed by atoms with Gasteiger partial charge < -0.3 is 5.11 Å². The van der Waals surface area contributed by atoms with Gasteiger partial charge in [0, 0.05) is 4.88 Å². The molecular formula is C14H22N2OS. The van der Waals surface area contributed by atoms with Crippen molar-refractivity contribution in [3.63, 3.8) is 0 Å². The highest BCUT2D eigenvalue weighted by Gasteiger charge is 2.24. The highest BCUT2D eigenvalue weighted by atomic mass is 32.1. The van der Waals surface area contributed by atoms with Crippen LogP contribution in [0.5, 0.6) is 0 Å². The maximum atomic E-state index is 9.60. The first-order valence-corrected chi connectivity index (χ1v) is 7.92. The van der Waals surface area contributed by atoms with E-state index in [1.807, 2.05) is 18.3 Å². The van der Waals surface area contributed by atoms with Gasteiger partial charge in [0.25, 0.3) is 0 Å². The van der Waals surface area contributed by atoms with Crippen molar-refractivity contribution in [1.29, 1.82) is 0 Å². The fraction of sp³-hybridized carbons (Fsp3) is 0.786. The fourth-order valence-corrected chi connectivity index (χ4v) is 4.30. The number of fused-ring (bicyclic) bond motifs is 1. The monoisotopic (exact) mass is 266 g/mol. The molecule has 0 amide bonds. The van der Waals surface area contributed by atoms with Crippen LogP contribution in [-0.4, -0.2) is 34.2 Å². The Hall–Kier alpha value is -0.450. The summed E-state index contributed by atoms with van der Waals surface area (Å²) >= 11 is 1.92. The number of nitrogens with zero attached hydrogens (tertiary/aromatic N) is 2. The van der Waals surface area contributed by atoms with Crippen LogP contribution in [0.4, 0.5) is 0 Å². The summed E-state index contributed by atoms with van der Waals surface area (Å²) in [7, 11) is 0. The summed E-state index contributed by atoms with van der Waals surface area (Å²) in [6.07, 6.45) is 5.85. The lowest BCUT2D eigenvalue weighted by molar-refractivity contribution is 0.0695. The molecule has 0 saturated carbocycles. The van der Waals surface area contributed by atoms with Crippen molar-refractivity contribution >= 4 is 11.3 Å². The van der Waals surface area contributed by atoms with E-state index in [9.17, 15) is 5.11 Å². The smallest absolute Gasteiger partial charge is 0.107 e. The van der Waals surface area contributed by atoms with Crippen molar-refractivity contribution in [3.8, 4) is 0 Å². The zero-order valence-electron chi connectivity index (χ0n) is 11.1. The van der Waals surface area contributed by atoms with Crippen molar-refractivity contribution in [3.05, 3.63) is 15.6 Å². The summed E-state index contributed by atoms with van der Waals surface area (Å²) in [4.78, 5) is 8.79. The van der Waals surface area contributed by atoms with E-state index in [0.29, 0.717) is 5.92 Å². The van der Waals surface area contributed by atoms with E-state index >= 15 is 0 Å². The van der Waals surface area contributed by atoms with Gasteiger partial charge in [0.1, 0.15) is 5.01 Å². The number of rotatable bonds is 3. The molecule has 0 radical (unpaired) electrons. The van der Waals surface area contributed by atoms with Gasteiger partial charge in [-0.25, -0.2) is 4.98 Å². The third-order valence-corrected chi connectivity index (χ3v) is 5.46. The normalized spacial score (nSPS) is 23.2. The van der Waals surface area contributed by atoms with E-state index in [0.717, 1.165) is 32.5 Å². The number of aryl methyl sites for hydroxylation is 2. The molecule has 1 saturated heterocycles. The summed E-state index contributed by atoms with van der Waals surface area (Å²) in [5.74, 6) is 0.502. The van der Waals surface area contributed by atoms with Gasteiger partial charge >= 0.3 is 0 Å². The van der Waals surface area contributed by atoms with Crippen LogP contribution in [0.25, 0.3) is 0 Å². The van der Waals surface area contributed by atoms with E-state index in [1.54, 1.807) is 0 Å². The second-order valence-corrected chi connectivity index (χ2v) is 6.85. The van der Waals surface area contributed by atoms with Crippen LogP contribution >= 0.6 is 11.3 Å². The maximum Gasteiger partial charge on any atom is 0.107 e. The van der Waals surface area contributed by atoms with Crippen LogP contribution in [0.15, 0.2) is 0 Å². The molecule has 1 N–H and O–H groups in total. The molecule has 2 heterocycles. The molecule has 3 rings (SSSR count). The van der Waals surface area contributed by atoms with Crippen molar-refractivity contribution in [2.75, 3.05) is 13.1 Å². The van der Waals surface area contributed by atoms with Crippen LogP contribution in [0, 0.1) is 5.92 Å². The minimum atomic E-state index is -0.143. The van der Waals surface area contributed by atoms with Gasteiger partial charge in [0.2, 0.25) is 0 Å². The highest BCUT2D eigenvalue weighted by Crippen LogP contribution is 2.29. The van der Waals surface area contributed by atoms with Gasteiger partial charge in [0.15, 0.2) is 0 Å². The molecule has 1 aromatic heterocycles. The van der Waals surface area contributed by atoms with E-state index < -0.39 is 0 Å². The fourth-order valence-electron chi connectivity index (χ4n) is 3.10. The van der Waals surface area contributed by atoms with Gasteiger partial charge in [0.05, 0.1) is 18.3 Å². The van der Waals surface area contributed by atoms with Crippen LogP contribution in [-0.2, 0) is 19.4 Å². The van der Waals surface area contributed by atoms with Crippen LogP contribution in [0.2, 0.25) is 0 Å².